The zero-order valence-electron chi connectivity index (χ0n) is 14.7. The Hall–Kier alpha value is -0.530. The second-order valence-corrected chi connectivity index (χ2v) is 6.46. The predicted molar refractivity (Wildman–Crippen MR) is 91.1 cm³/mol. The van der Waals surface area contributed by atoms with Crippen LogP contribution >= 0.6 is 0 Å². The fourth-order valence-electron chi connectivity index (χ4n) is 3.08. The Kier molecular flexibility index (Phi) is 15.5. The maximum Gasteiger partial charge on any atom is 0.417 e. The van der Waals surface area contributed by atoms with Gasteiger partial charge >= 0.3 is 6.47 Å². The lowest BCUT2D eigenvalue weighted by Crippen LogP contribution is -2.11. The summed E-state index contributed by atoms with van der Waals surface area (Å²) in [5, 5.41) is 0. The van der Waals surface area contributed by atoms with Crippen LogP contribution in [0.25, 0.3) is 0 Å². The minimum absolute atomic E-state index is 0.523. The number of carbonyl (C=O) groups excluding carboxylic acids is 1. The molecule has 0 bridgehead atoms. The van der Waals surface area contributed by atoms with Crippen LogP contribution in [0, 0.1) is 11.8 Å². The standard InChI is InChI=1S/C19H37O2/c1-4-7-8-9-10-11-13-19(12-5-2)15-14-18(6-3)16-21-17-20/h18-19H,4-16H2,1-3H3. The largest absolute Gasteiger partial charge is 0.457 e. The van der Waals surface area contributed by atoms with E-state index in [-0.39, 0.29) is 0 Å². The third-order valence-electron chi connectivity index (χ3n) is 4.60. The molecule has 2 atom stereocenters. The number of hydrogen-bond donors (Lipinski definition) is 0. The normalized spacial score (nSPS) is 13.9. The maximum atomic E-state index is 10.2. The number of hydrogen-bond acceptors (Lipinski definition) is 2. The molecule has 0 aliphatic heterocycles. The molecule has 0 saturated heterocycles. The molecule has 1 radical (unpaired) electrons. The fraction of sp³-hybridized carbons (Fsp3) is 0.947. The molecular weight excluding hydrogens is 260 g/mol. The van der Waals surface area contributed by atoms with Gasteiger partial charge in [0.2, 0.25) is 0 Å². The van der Waals surface area contributed by atoms with E-state index in [2.05, 4.69) is 20.8 Å². The van der Waals surface area contributed by atoms with E-state index in [0.717, 1.165) is 12.3 Å². The SMILES string of the molecule is CCCCCCCCC(CCC)CCC(CC)CO[C]=O. The van der Waals surface area contributed by atoms with Crippen LogP contribution in [0.4, 0.5) is 0 Å². The van der Waals surface area contributed by atoms with Gasteiger partial charge in [-0.2, -0.15) is 0 Å². The fourth-order valence-corrected chi connectivity index (χ4v) is 3.08. The first-order valence-corrected chi connectivity index (χ1v) is 9.27. The highest BCUT2D eigenvalue weighted by atomic mass is 16.5. The summed E-state index contributed by atoms with van der Waals surface area (Å²) in [4.78, 5) is 10.2. The van der Waals surface area contributed by atoms with E-state index >= 15 is 0 Å². The van der Waals surface area contributed by atoms with Gasteiger partial charge in [-0.15, -0.1) is 0 Å². The highest BCUT2D eigenvalue weighted by Gasteiger charge is 2.12. The van der Waals surface area contributed by atoms with E-state index in [0.29, 0.717) is 12.5 Å². The highest BCUT2D eigenvalue weighted by Crippen LogP contribution is 2.24. The van der Waals surface area contributed by atoms with Crippen molar-refractivity contribution in [3.05, 3.63) is 0 Å². The molecule has 0 heterocycles. The van der Waals surface area contributed by atoms with Gasteiger partial charge in [-0.1, -0.05) is 91.4 Å². The molecule has 2 heteroatoms. The molecule has 0 aliphatic carbocycles. The topological polar surface area (TPSA) is 26.3 Å². The van der Waals surface area contributed by atoms with Crippen molar-refractivity contribution in [3.8, 4) is 0 Å². The van der Waals surface area contributed by atoms with Gasteiger partial charge < -0.3 is 4.74 Å². The average Bonchev–Trinajstić information content (AvgIpc) is 2.50. The van der Waals surface area contributed by atoms with Crippen LogP contribution in [0.3, 0.4) is 0 Å². The molecule has 0 spiro atoms. The van der Waals surface area contributed by atoms with Gasteiger partial charge in [-0.05, 0) is 18.3 Å². The van der Waals surface area contributed by atoms with Crippen molar-refractivity contribution in [2.45, 2.75) is 97.8 Å². The van der Waals surface area contributed by atoms with Crippen molar-refractivity contribution in [2.75, 3.05) is 6.61 Å². The minimum atomic E-state index is 0.523. The van der Waals surface area contributed by atoms with E-state index in [1.807, 2.05) is 0 Å². The number of ether oxygens (including phenoxy) is 1. The Labute approximate surface area is 133 Å². The Bertz CT molecular complexity index is 216. The Morgan fingerprint density at radius 3 is 2.05 bits per heavy atom. The lowest BCUT2D eigenvalue weighted by molar-refractivity contribution is 0.201. The summed E-state index contributed by atoms with van der Waals surface area (Å²) >= 11 is 0. The average molecular weight is 298 g/mol. The monoisotopic (exact) mass is 297 g/mol. The third-order valence-corrected chi connectivity index (χ3v) is 4.60. The van der Waals surface area contributed by atoms with E-state index in [9.17, 15) is 4.79 Å². The second kappa shape index (κ2) is 15.9. The number of unbranched alkanes of at least 4 members (excludes halogenated alkanes) is 5. The zero-order chi connectivity index (χ0) is 15.8. The van der Waals surface area contributed by atoms with Gasteiger partial charge in [0.1, 0.15) is 0 Å². The smallest absolute Gasteiger partial charge is 0.417 e. The first kappa shape index (κ1) is 20.5. The molecule has 0 saturated carbocycles. The van der Waals surface area contributed by atoms with Crippen molar-refractivity contribution < 1.29 is 9.53 Å². The second-order valence-electron chi connectivity index (χ2n) is 6.46. The van der Waals surface area contributed by atoms with Crippen molar-refractivity contribution in [3.63, 3.8) is 0 Å². The minimum Gasteiger partial charge on any atom is -0.457 e. The summed E-state index contributed by atoms with van der Waals surface area (Å²) in [6, 6.07) is 0. The van der Waals surface area contributed by atoms with E-state index in [4.69, 9.17) is 4.74 Å². The molecule has 2 unspecified atom stereocenters. The summed E-state index contributed by atoms with van der Waals surface area (Å²) in [6.07, 6.45) is 15.9. The summed E-state index contributed by atoms with van der Waals surface area (Å²) < 4.78 is 4.81. The van der Waals surface area contributed by atoms with Crippen molar-refractivity contribution >= 4 is 6.47 Å². The van der Waals surface area contributed by atoms with E-state index in [1.165, 1.54) is 70.6 Å². The van der Waals surface area contributed by atoms with Crippen molar-refractivity contribution in [1.29, 1.82) is 0 Å². The zero-order valence-corrected chi connectivity index (χ0v) is 14.7. The summed E-state index contributed by atoms with van der Waals surface area (Å²) in [5.74, 6) is 1.39. The van der Waals surface area contributed by atoms with Gasteiger partial charge in [-0.3, -0.25) is 0 Å². The summed E-state index contributed by atoms with van der Waals surface area (Å²) in [7, 11) is 0. The van der Waals surface area contributed by atoms with Gasteiger partial charge in [-0.25, -0.2) is 4.79 Å². The molecule has 0 rings (SSSR count). The highest BCUT2D eigenvalue weighted by molar-refractivity contribution is 5.38. The Balaban J connectivity index is 3.80. The van der Waals surface area contributed by atoms with Crippen LogP contribution in [-0.4, -0.2) is 13.1 Å². The van der Waals surface area contributed by atoms with Crippen LogP contribution in [0.1, 0.15) is 97.8 Å². The molecule has 0 aliphatic rings. The molecule has 125 valence electrons. The molecule has 2 nitrogen and oxygen atoms in total. The van der Waals surface area contributed by atoms with Gasteiger partial charge in [0.25, 0.3) is 0 Å². The lowest BCUT2D eigenvalue weighted by atomic mass is 9.88. The summed E-state index contributed by atoms with van der Waals surface area (Å²) in [5.41, 5.74) is 0. The third kappa shape index (κ3) is 12.9. The maximum absolute atomic E-state index is 10.2. The van der Waals surface area contributed by atoms with Gasteiger partial charge in [0, 0.05) is 0 Å². The first-order valence-electron chi connectivity index (χ1n) is 9.27. The van der Waals surface area contributed by atoms with Crippen LogP contribution in [0.5, 0.6) is 0 Å². The molecule has 0 fully saturated rings. The molecule has 0 aromatic carbocycles. The van der Waals surface area contributed by atoms with Crippen molar-refractivity contribution in [1.82, 2.24) is 0 Å². The molecule has 0 amide bonds. The van der Waals surface area contributed by atoms with Crippen LogP contribution in [0.2, 0.25) is 0 Å². The van der Waals surface area contributed by atoms with Crippen molar-refractivity contribution in [2.24, 2.45) is 11.8 Å². The summed E-state index contributed by atoms with van der Waals surface area (Å²) in [6.45, 7) is 8.85. The number of rotatable bonds is 16. The quantitative estimate of drug-likeness (QED) is 0.324. The molecule has 0 aromatic heterocycles. The first-order chi connectivity index (χ1) is 10.3. The van der Waals surface area contributed by atoms with Gasteiger partial charge in [0.05, 0.1) is 6.61 Å². The molecule has 21 heavy (non-hydrogen) atoms. The van der Waals surface area contributed by atoms with E-state index < -0.39 is 0 Å². The predicted octanol–water partition coefficient (Wildman–Crippen LogP) is 6.04. The Morgan fingerprint density at radius 2 is 1.43 bits per heavy atom. The van der Waals surface area contributed by atoms with Crippen LogP contribution < -0.4 is 0 Å². The van der Waals surface area contributed by atoms with Crippen LogP contribution in [0.15, 0.2) is 0 Å². The molecule has 0 N–H and O–H groups in total. The lowest BCUT2D eigenvalue weighted by Gasteiger charge is -2.19. The van der Waals surface area contributed by atoms with Crippen LogP contribution in [-0.2, 0) is 9.53 Å². The molecule has 0 aromatic rings. The Morgan fingerprint density at radius 1 is 0.762 bits per heavy atom. The molecular formula is C19H37O2. The van der Waals surface area contributed by atoms with E-state index in [1.54, 1.807) is 6.47 Å². The van der Waals surface area contributed by atoms with Gasteiger partial charge in [0.15, 0.2) is 0 Å².